The van der Waals surface area contributed by atoms with Crippen molar-refractivity contribution in [3.05, 3.63) is 58.1 Å². The predicted octanol–water partition coefficient (Wildman–Crippen LogP) is 2.86. The maximum atomic E-state index is 12.4. The summed E-state index contributed by atoms with van der Waals surface area (Å²) in [6, 6.07) is 10.1. The van der Waals surface area contributed by atoms with Gasteiger partial charge >= 0.3 is 0 Å². The van der Waals surface area contributed by atoms with Crippen LogP contribution in [0.25, 0.3) is 10.2 Å². The van der Waals surface area contributed by atoms with Crippen molar-refractivity contribution >= 4 is 48.1 Å². The summed E-state index contributed by atoms with van der Waals surface area (Å²) in [5.41, 5.74) is 0.291. The molecule has 0 aliphatic rings. The monoisotopic (exact) mass is 377 g/mol. The summed E-state index contributed by atoms with van der Waals surface area (Å²) in [7, 11) is -3.56. The Morgan fingerprint density at radius 3 is 2.64 bits per heavy atom. The second kappa shape index (κ2) is 6.22. The normalized spacial score (nSPS) is 11.4. The number of sulfone groups is 1. The fourth-order valence-electron chi connectivity index (χ4n) is 2.22. The van der Waals surface area contributed by atoms with Gasteiger partial charge in [0, 0.05) is 18.4 Å². The van der Waals surface area contributed by atoms with Gasteiger partial charge in [0.25, 0.3) is 11.6 Å². The van der Waals surface area contributed by atoms with E-state index in [1.54, 1.807) is 12.1 Å². The second-order valence-electron chi connectivity index (χ2n) is 5.15. The van der Waals surface area contributed by atoms with E-state index in [0.717, 1.165) is 17.6 Å². The Hall–Kier alpha value is -2.85. The first-order chi connectivity index (χ1) is 11.8. The molecule has 0 unspecified atom stereocenters. The summed E-state index contributed by atoms with van der Waals surface area (Å²) in [5, 5.41) is 13.6. The number of nitro benzene ring substituents is 1. The van der Waals surface area contributed by atoms with Crippen LogP contribution in [-0.4, -0.2) is 30.5 Å². The van der Waals surface area contributed by atoms with E-state index in [0.29, 0.717) is 10.2 Å². The molecular weight excluding hydrogens is 366 g/mol. The number of fused-ring (bicyclic) bond motifs is 1. The van der Waals surface area contributed by atoms with Gasteiger partial charge in [-0.25, -0.2) is 13.4 Å². The van der Waals surface area contributed by atoms with Crippen molar-refractivity contribution in [1.82, 2.24) is 4.98 Å². The highest BCUT2D eigenvalue weighted by molar-refractivity contribution is 7.90. The number of carbonyl (C=O) groups is 1. The van der Waals surface area contributed by atoms with Gasteiger partial charge in [0.15, 0.2) is 15.0 Å². The largest absolute Gasteiger partial charge is 0.298 e. The lowest BCUT2D eigenvalue weighted by molar-refractivity contribution is -0.384. The summed E-state index contributed by atoms with van der Waals surface area (Å²) >= 11 is 1.14. The van der Waals surface area contributed by atoms with Crippen LogP contribution in [0.15, 0.2) is 47.4 Å². The lowest BCUT2D eigenvalue weighted by Crippen LogP contribution is -2.15. The Bertz CT molecular complexity index is 1110. The predicted molar refractivity (Wildman–Crippen MR) is 93.8 cm³/mol. The Kier molecular flexibility index (Phi) is 4.23. The number of thiazole rings is 1. The van der Waals surface area contributed by atoms with E-state index >= 15 is 0 Å². The molecular formula is C15H11N3O5S2. The number of carbonyl (C=O) groups excluding carboxylic acids is 1. The Labute approximate surface area is 146 Å². The molecule has 0 spiro atoms. The molecule has 0 fully saturated rings. The summed E-state index contributed by atoms with van der Waals surface area (Å²) < 4.78 is 24.3. The van der Waals surface area contributed by atoms with Crippen LogP contribution in [0.4, 0.5) is 10.8 Å². The molecule has 3 rings (SSSR count). The first-order valence-electron chi connectivity index (χ1n) is 6.91. The van der Waals surface area contributed by atoms with Crippen molar-refractivity contribution in [3.63, 3.8) is 0 Å². The Morgan fingerprint density at radius 1 is 1.24 bits per heavy atom. The number of rotatable bonds is 4. The number of hydrogen-bond donors (Lipinski definition) is 1. The highest BCUT2D eigenvalue weighted by Crippen LogP contribution is 2.29. The minimum atomic E-state index is -3.56. The van der Waals surface area contributed by atoms with Crippen LogP contribution in [0, 0.1) is 10.1 Å². The van der Waals surface area contributed by atoms with Crippen LogP contribution < -0.4 is 5.32 Å². The molecule has 0 radical (unpaired) electrons. The van der Waals surface area contributed by atoms with E-state index in [9.17, 15) is 23.3 Å². The molecule has 1 N–H and O–H groups in total. The Morgan fingerprint density at radius 2 is 1.96 bits per heavy atom. The van der Waals surface area contributed by atoms with Gasteiger partial charge < -0.3 is 0 Å². The smallest absolute Gasteiger partial charge is 0.271 e. The maximum absolute atomic E-state index is 12.4. The van der Waals surface area contributed by atoms with Crippen LogP contribution in [-0.2, 0) is 9.84 Å². The topological polar surface area (TPSA) is 119 Å². The molecule has 0 aliphatic carbocycles. The van der Waals surface area contributed by atoms with Gasteiger partial charge in [0.2, 0.25) is 0 Å². The van der Waals surface area contributed by atoms with Gasteiger partial charge in [-0.3, -0.25) is 20.2 Å². The summed E-state index contributed by atoms with van der Waals surface area (Å²) in [4.78, 5) is 26.8. The molecule has 25 heavy (non-hydrogen) atoms. The summed E-state index contributed by atoms with van der Waals surface area (Å²) in [6.45, 7) is 0. The fourth-order valence-corrected chi connectivity index (χ4v) is 3.95. The average molecular weight is 377 g/mol. The number of amides is 1. The lowest BCUT2D eigenvalue weighted by Gasteiger charge is -2.06. The standard InChI is InChI=1S/C15H11N3O5S2/c1-25(22,23)13-5-3-2-4-10(13)14(19)17-15-16-11-8-9(18(20)21)6-7-12(11)24-15/h2-8H,1H3,(H,16,17,19). The van der Waals surface area contributed by atoms with Crippen LogP contribution >= 0.6 is 11.3 Å². The SMILES string of the molecule is CS(=O)(=O)c1ccccc1C(=O)Nc1nc2cc([N+](=O)[O-])ccc2s1. The quantitative estimate of drug-likeness (QED) is 0.551. The third kappa shape index (κ3) is 3.49. The number of nitro groups is 1. The number of nitrogens with one attached hydrogen (secondary N) is 1. The molecule has 128 valence electrons. The highest BCUT2D eigenvalue weighted by atomic mass is 32.2. The molecule has 0 atom stereocenters. The van der Waals surface area contributed by atoms with E-state index in [1.807, 2.05) is 0 Å². The molecule has 0 saturated heterocycles. The number of aromatic nitrogens is 1. The highest BCUT2D eigenvalue weighted by Gasteiger charge is 2.19. The van der Waals surface area contributed by atoms with Crippen LogP contribution in [0.2, 0.25) is 0 Å². The zero-order chi connectivity index (χ0) is 18.2. The van der Waals surface area contributed by atoms with Crippen molar-refractivity contribution in [3.8, 4) is 0 Å². The lowest BCUT2D eigenvalue weighted by atomic mass is 10.2. The molecule has 2 aromatic carbocycles. The van der Waals surface area contributed by atoms with Crippen molar-refractivity contribution < 1.29 is 18.1 Å². The van der Waals surface area contributed by atoms with E-state index in [1.165, 1.54) is 30.3 Å². The van der Waals surface area contributed by atoms with Crippen molar-refractivity contribution in [1.29, 1.82) is 0 Å². The average Bonchev–Trinajstić information content (AvgIpc) is 2.95. The van der Waals surface area contributed by atoms with Gasteiger partial charge in [0.1, 0.15) is 0 Å². The first kappa shape index (κ1) is 17.0. The van der Waals surface area contributed by atoms with Crippen molar-refractivity contribution in [2.24, 2.45) is 0 Å². The molecule has 0 bridgehead atoms. The number of hydrogen-bond acceptors (Lipinski definition) is 7. The number of nitrogens with zero attached hydrogens (tertiary/aromatic N) is 2. The minimum absolute atomic E-state index is 0.00948. The number of non-ortho nitro benzene ring substituents is 1. The maximum Gasteiger partial charge on any atom is 0.271 e. The molecule has 10 heteroatoms. The number of anilines is 1. The first-order valence-corrected chi connectivity index (χ1v) is 9.62. The van der Waals surface area contributed by atoms with Gasteiger partial charge in [-0.1, -0.05) is 23.5 Å². The third-order valence-electron chi connectivity index (χ3n) is 3.33. The van der Waals surface area contributed by atoms with Crippen molar-refractivity contribution in [2.75, 3.05) is 11.6 Å². The van der Waals surface area contributed by atoms with Crippen LogP contribution in [0.1, 0.15) is 10.4 Å². The van der Waals surface area contributed by atoms with Gasteiger partial charge in [-0.2, -0.15) is 0 Å². The molecule has 0 saturated carbocycles. The molecule has 1 aromatic heterocycles. The molecule has 8 nitrogen and oxygen atoms in total. The van der Waals surface area contributed by atoms with E-state index < -0.39 is 20.7 Å². The summed E-state index contributed by atoms with van der Waals surface area (Å²) in [6.07, 6.45) is 1.02. The zero-order valence-electron chi connectivity index (χ0n) is 12.8. The van der Waals surface area contributed by atoms with Gasteiger partial charge in [-0.05, 0) is 18.2 Å². The molecule has 1 heterocycles. The summed E-state index contributed by atoms with van der Waals surface area (Å²) in [5.74, 6) is -0.616. The van der Waals surface area contributed by atoms with E-state index in [4.69, 9.17) is 0 Å². The van der Waals surface area contributed by atoms with Gasteiger partial charge in [-0.15, -0.1) is 0 Å². The fraction of sp³-hybridized carbons (Fsp3) is 0.0667. The van der Waals surface area contributed by atoms with Crippen LogP contribution in [0.3, 0.4) is 0 Å². The van der Waals surface area contributed by atoms with Gasteiger partial charge in [0.05, 0.1) is 25.6 Å². The molecule has 3 aromatic rings. The zero-order valence-corrected chi connectivity index (χ0v) is 14.4. The Balaban J connectivity index is 1.94. The van der Waals surface area contributed by atoms with Crippen LogP contribution in [0.5, 0.6) is 0 Å². The van der Waals surface area contributed by atoms with E-state index in [-0.39, 0.29) is 21.3 Å². The molecule has 0 aliphatic heterocycles. The molecule has 1 amide bonds. The minimum Gasteiger partial charge on any atom is -0.298 e. The van der Waals surface area contributed by atoms with Crippen molar-refractivity contribution in [2.45, 2.75) is 4.90 Å². The number of benzene rings is 2. The third-order valence-corrected chi connectivity index (χ3v) is 5.44. The second-order valence-corrected chi connectivity index (χ2v) is 8.17. The van der Waals surface area contributed by atoms with E-state index in [2.05, 4.69) is 10.3 Å².